The van der Waals surface area contributed by atoms with E-state index in [2.05, 4.69) is 61.8 Å². The van der Waals surface area contributed by atoms with Crippen molar-refractivity contribution in [3.05, 3.63) is 96.5 Å². The highest BCUT2D eigenvalue weighted by Crippen LogP contribution is 2.33. The van der Waals surface area contributed by atoms with Gasteiger partial charge in [0.2, 0.25) is 17.8 Å². The topological polar surface area (TPSA) is 170 Å². The molecular weight excluding hydrogens is 709 g/mol. The molecule has 0 spiro atoms. The normalized spacial score (nSPS) is 17.7. The van der Waals surface area contributed by atoms with E-state index in [-0.39, 0.29) is 24.3 Å². The van der Waals surface area contributed by atoms with Gasteiger partial charge < -0.3 is 20.5 Å². The summed E-state index contributed by atoms with van der Waals surface area (Å²) in [5, 5.41) is 14.4. The number of fused-ring (bicyclic) bond motifs is 2. The van der Waals surface area contributed by atoms with Crippen molar-refractivity contribution in [1.29, 1.82) is 0 Å². The maximum Gasteiger partial charge on any atom is 0.264 e. The van der Waals surface area contributed by atoms with E-state index < -0.39 is 23.8 Å². The lowest BCUT2D eigenvalue weighted by Gasteiger charge is -2.32. The van der Waals surface area contributed by atoms with Crippen molar-refractivity contribution in [2.75, 3.05) is 36.8 Å². The Morgan fingerprint density at radius 2 is 1.75 bits per heavy atom. The molecule has 0 radical (unpaired) electrons. The number of nitrogens with one attached hydrogen (secondary N) is 4. The number of hydrogen-bond donors (Lipinski definition) is 4. The van der Waals surface area contributed by atoms with Crippen LogP contribution in [0.25, 0.3) is 22.3 Å². The molecule has 0 aliphatic carbocycles. The van der Waals surface area contributed by atoms with Crippen molar-refractivity contribution in [2.24, 2.45) is 0 Å². The van der Waals surface area contributed by atoms with Crippen LogP contribution in [0.15, 0.2) is 79.8 Å². The molecule has 3 aromatic heterocycles. The molecule has 1 atom stereocenters. The Morgan fingerprint density at radius 3 is 2.55 bits per heavy atom. The summed E-state index contributed by atoms with van der Waals surface area (Å²) in [4.78, 5) is 66.9. The molecule has 56 heavy (non-hydrogen) atoms. The Balaban J connectivity index is 0.777. The summed E-state index contributed by atoms with van der Waals surface area (Å²) in [5.41, 5.74) is 6.01. The quantitative estimate of drug-likeness (QED) is 0.0565. The number of imide groups is 2. The number of rotatable bonds is 15. The third kappa shape index (κ3) is 7.69. The number of likely N-dealkylation sites (tertiary alicyclic amines) is 1. The molecule has 0 saturated carbocycles. The first-order valence-corrected chi connectivity index (χ1v) is 19.5. The second-order valence-electron chi connectivity index (χ2n) is 14.7. The van der Waals surface area contributed by atoms with Gasteiger partial charge in [0.15, 0.2) is 0 Å². The van der Waals surface area contributed by atoms with Crippen LogP contribution in [0.5, 0.6) is 0 Å². The molecule has 4 N–H and O–H groups in total. The summed E-state index contributed by atoms with van der Waals surface area (Å²) in [6.45, 7) is 8.42. The summed E-state index contributed by atoms with van der Waals surface area (Å²) >= 11 is 0. The first-order chi connectivity index (χ1) is 27.4. The molecule has 4 amide bonds. The molecule has 3 aliphatic rings. The molecule has 5 aromatic rings. The van der Waals surface area contributed by atoms with Crippen LogP contribution >= 0.6 is 0 Å². The Labute approximate surface area is 324 Å². The molecule has 6 heterocycles. The van der Waals surface area contributed by atoms with Crippen molar-refractivity contribution in [1.82, 2.24) is 39.8 Å². The number of aromatic amines is 1. The van der Waals surface area contributed by atoms with Crippen molar-refractivity contribution >= 4 is 52.0 Å². The number of carbonyl (C=O) groups excluding carboxylic acids is 4. The average Bonchev–Trinajstić information content (AvgIpc) is 3.95. The molecule has 14 nitrogen and oxygen atoms in total. The number of H-pyrrole nitrogens is 1. The molecule has 3 aliphatic heterocycles. The minimum Gasteiger partial charge on any atom is -0.384 e. The highest BCUT2D eigenvalue weighted by atomic mass is 16.2. The van der Waals surface area contributed by atoms with E-state index in [0.717, 1.165) is 97.6 Å². The first-order valence-electron chi connectivity index (χ1n) is 19.5. The zero-order chi connectivity index (χ0) is 38.6. The fourth-order valence-corrected chi connectivity index (χ4v) is 8.03. The van der Waals surface area contributed by atoms with E-state index >= 15 is 0 Å². The zero-order valence-electron chi connectivity index (χ0n) is 31.3. The number of unbranched alkanes of at least 4 members (excludes halogenated alkanes) is 2. The second-order valence-corrected chi connectivity index (χ2v) is 14.7. The van der Waals surface area contributed by atoms with Crippen LogP contribution in [0.3, 0.4) is 0 Å². The Kier molecular flexibility index (Phi) is 10.7. The lowest BCUT2D eigenvalue weighted by Crippen LogP contribution is -2.54. The number of nitrogens with zero attached hydrogens (tertiary/aromatic N) is 6. The van der Waals surface area contributed by atoms with Gasteiger partial charge in [-0.05, 0) is 100.0 Å². The summed E-state index contributed by atoms with van der Waals surface area (Å²) in [7, 11) is 0. The van der Waals surface area contributed by atoms with Crippen molar-refractivity contribution in [3.63, 3.8) is 0 Å². The van der Waals surface area contributed by atoms with Gasteiger partial charge >= 0.3 is 0 Å². The standard InChI is InChI=1S/C42H46N10O4/c1-2-3-22-51-26-29(25-45-51)37-32-16-20-44-38(32)49-42(48-37)46-30-12-10-27(11-13-30)28-17-23-50(24-18-28)21-6-4-5-19-43-33-9-7-8-31-36(33)41(56)52(40(31)55)34-14-15-35(53)47-39(34)54/h2,7-13,16,20,25-26,28,34,43H,1,3-6,14-15,17-19,21-24H2,(H,47,53,54)(H2,44,46,48,49). The number of hydrogen-bond acceptors (Lipinski definition) is 10. The first kappa shape index (κ1) is 36.8. The van der Waals surface area contributed by atoms with Crippen molar-refractivity contribution in [2.45, 2.75) is 69.9 Å². The van der Waals surface area contributed by atoms with Crippen LogP contribution in [0.2, 0.25) is 0 Å². The smallest absolute Gasteiger partial charge is 0.264 e. The molecule has 14 heteroatoms. The van der Waals surface area contributed by atoms with Gasteiger partial charge in [0, 0.05) is 54.2 Å². The largest absolute Gasteiger partial charge is 0.384 e. The van der Waals surface area contributed by atoms with Gasteiger partial charge in [-0.1, -0.05) is 30.7 Å². The minimum absolute atomic E-state index is 0.0944. The van der Waals surface area contributed by atoms with Gasteiger partial charge in [-0.2, -0.15) is 10.1 Å². The van der Waals surface area contributed by atoms with Crippen molar-refractivity contribution < 1.29 is 19.2 Å². The summed E-state index contributed by atoms with van der Waals surface area (Å²) in [6, 6.07) is 14.8. The fourth-order valence-electron chi connectivity index (χ4n) is 8.03. The van der Waals surface area contributed by atoms with E-state index in [0.29, 0.717) is 29.7 Å². The van der Waals surface area contributed by atoms with Gasteiger partial charge in [-0.25, -0.2) is 4.98 Å². The van der Waals surface area contributed by atoms with E-state index in [1.165, 1.54) is 5.56 Å². The van der Waals surface area contributed by atoms with Crippen LogP contribution in [-0.2, 0) is 16.1 Å². The molecule has 2 aromatic carbocycles. The monoisotopic (exact) mass is 754 g/mol. The van der Waals surface area contributed by atoms with Crippen molar-refractivity contribution in [3.8, 4) is 11.3 Å². The van der Waals surface area contributed by atoms with E-state index in [1.807, 2.05) is 35.4 Å². The number of anilines is 3. The molecular formula is C42H46N10O4. The SMILES string of the molecule is C=CCCn1cc(-c2nc(Nc3ccc(C4CCN(CCCCCNc5cccc6c5C(=O)N(C5CCC(=O)NC5=O)C6=O)CC4)cc3)nc3[nH]ccc23)cn1. The zero-order valence-corrected chi connectivity index (χ0v) is 31.3. The maximum absolute atomic E-state index is 13.3. The highest BCUT2D eigenvalue weighted by Gasteiger charge is 2.45. The number of piperidine rings is 2. The summed E-state index contributed by atoms with van der Waals surface area (Å²) in [6.07, 6.45) is 14.0. The molecule has 0 bridgehead atoms. The highest BCUT2D eigenvalue weighted by molar-refractivity contribution is 6.25. The molecule has 2 fully saturated rings. The van der Waals surface area contributed by atoms with E-state index in [9.17, 15) is 19.2 Å². The average molecular weight is 755 g/mol. The Morgan fingerprint density at radius 1 is 0.911 bits per heavy atom. The summed E-state index contributed by atoms with van der Waals surface area (Å²) < 4.78 is 1.91. The number of carbonyl (C=O) groups is 4. The molecule has 2 saturated heterocycles. The number of allylic oxidation sites excluding steroid dienone is 1. The minimum atomic E-state index is -0.973. The maximum atomic E-state index is 13.3. The van der Waals surface area contributed by atoms with Gasteiger partial charge in [-0.15, -0.1) is 6.58 Å². The summed E-state index contributed by atoms with van der Waals surface area (Å²) in [5.74, 6) is -0.932. The van der Waals surface area contributed by atoms with Crippen LogP contribution in [0, 0.1) is 0 Å². The number of amides is 4. The third-order valence-electron chi connectivity index (χ3n) is 11.0. The molecule has 1 unspecified atom stereocenters. The molecule has 8 rings (SSSR count). The predicted octanol–water partition coefficient (Wildman–Crippen LogP) is 6.00. The molecule has 288 valence electrons. The van der Waals surface area contributed by atoms with Crippen LogP contribution in [-0.4, -0.2) is 90.4 Å². The lowest BCUT2D eigenvalue weighted by atomic mass is 9.89. The van der Waals surface area contributed by atoms with Crippen LogP contribution in [0.4, 0.5) is 17.3 Å². The van der Waals surface area contributed by atoms with Gasteiger partial charge in [0.05, 0.1) is 23.0 Å². The van der Waals surface area contributed by atoms with Gasteiger partial charge in [0.1, 0.15) is 11.7 Å². The second kappa shape index (κ2) is 16.3. The van der Waals surface area contributed by atoms with E-state index in [4.69, 9.17) is 9.97 Å². The fraction of sp³-hybridized carbons (Fsp3) is 0.357. The van der Waals surface area contributed by atoms with Crippen LogP contribution in [0.1, 0.15) is 83.6 Å². The van der Waals surface area contributed by atoms with Gasteiger partial charge in [0.25, 0.3) is 11.8 Å². The lowest BCUT2D eigenvalue weighted by molar-refractivity contribution is -0.136. The Hall–Kier alpha value is -6.15. The number of aromatic nitrogens is 5. The van der Waals surface area contributed by atoms with Crippen LogP contribution < -0.4 is 16.0 Å². The van der Waals surface area contributed by atoms with Gasteiger partial charge in [-0.3, -0.25) is 34.1 Å². The number of benzene rings is 2. The number of aryl methyl sites for hydroxylation is 1. The predicted molar refractivity (Wildman–Crippen MR) is 214 cm³/mol. The van der Waals surface area contributed by atoms with E-state index in [1.54, 1.807) is 18.2 Å². The third-order valence-corrected chi connectivity index (χ3v) is 11.0. The Bertz CT molecular complexity index is 2270.